The van der Waals surface area contributed by atoms with Crippen LogP contribution >= 0.6 is 22.9 Å². The first-order valence-electron chi connectivity index (χ1n) is 7.87. The molecule has 130 valence electrons. The topological polar surface area (TPSA) is 52.8 Å². The fourth-order valence-electron chi connectivity index (χ4n) is 2.71. The van der Waals surface area contributed by atoms with Crippen molar-refractivity contribution in [3.05, 3.63) is 51.8 Å². The van der Waals surface area contributed by atoms with E-state index in [2.05, 4.69) is 10.9 Å². The number of nitrogens with zero attached hydrogens (tertiary/aromatic N) is 2. The Balaban J connectivity index is 1.87. The third-order valence-corrected chi connectivity index (χ3v) is 5.14. The van der Waals surface area contributed by atoms with Gasteiger partial charge in [-0.2, -0.15) is 4.99 Å². The van der Waals surface area contributed by atoms with E-state index in [0.717, 1.165) is 10.2 Å². The summed E-state index contributed by atoms with van der Waals surface area (Å²) in [5, 5.41) is 0.487. The second-order valence-corrected chi connectivity index (χ2v) is 7.01. The lowest BCUT2D eigenvalue weighted by atomic mass is 10.2. The Bertz CT molecular complexity index is 1120. The van der Waals surface area contributed by atoms with Crippen molar-refractivity contribution in [1.82, 2.24) is 4.57 Å². The molecule has 0 N–H and O–H groups in total. The molecule has 0 saturated heterocycles. The summed E-state index contributed by atoms with van der Waals surface area (Å²) in [5.74, 6) is 3.59. The Morgan fingerprint density at radius 3 is 2.77 bits per heavy atom. The lowest BCUT2D eigenvalue weighted by molar-refractivity contribution is 0.0998. The average Bonchev–Trinajstić information content (AvgIpc) is 2.96. The quantitative estimate of drug-likeness (QED) is 0.635. The standard InChI is InChI=1S/C19H13ClN2O3S/c1-2-6-22-14-10-15-16(25-8-7-24-15)11-17(14)26-19(22)21-18(23)12-4-3-5-13(20)9-12/h1,3-5,9-11H,6-8H2. The third-order valence-electron chi connectivity index (χ3n) is 3.86. The molecular weight excluding hydrogens is 372 g/mol. The van der Waals surface area contributed by atoms with E-state index in [1.165, 1.54) is 11.3 Å². The number of rotatable bonds is 2. The molecule has 0 saturated carbocycles. The van der Waals surface area contributed by atoms with E-state index in [1.807, 2.05) is 16.7 Å². The Morgan fingerprint density at radius 2 is 2.04 bits per heavy atom. The van der Waals surface area contributed by atoms with Crippen LogP contribution in [0.5, 0.6) is 11.5 Å². The van der Waals surface area contributed by atoms with E-state index in [4.69, 9.17) is 27.5 Å². The van der Waals surface area contributed by atoms with Crippen molar-refractivity contribution in [1.29, 1.82) is 0 Å². The van der Waals surface area contributed by atoms with E-state index in [1.54, 1.807) is 24.3 Å². The number of fused-ring (bicyclic) bond motifs is 2. The first-order chi connectivity index (χ1) is 12.7. The zero-order valence-corrected chi connectivity index (χ0v) is 15.1. The molecule has 3 aromatic rings. The second-order valence-electron chi connectivity index (χ2n) is 5.57. The summed E-state index contributed by atoms with van der Waals surface area (Å²) in [6.45, 7) is 1.31. The van der Waals surface area contributed by atoms with Gasteiger partial charge in [-0.1, -0.05) is 34.9 Å². The molecule has 0 aliphatic carbocycles. The molecule has 5 nitrogen and oxygen atoms in total. The lowest BCUT2D eigenvalue weighted by Crippen LogP contribution is -2.17. The number of benzene rings is 2. The molecule has 1 aliphatic heterocycles. The highest BCUT2D eigenvalue weighted by molar-refractivity contribution is 7.16. The van der Waals surface area contributed by atoms with Gasteiger partial charge in [-0.15, -0.1) is 6.42 Å². The number of ether oxygens (including phenoxy) is 2. The van der Waals surface area contributed by atoms with Gasteiger partial charge in [0.15, 0.2) is 16.3 Å². The molecule has 4 rings (SSSR count). The van der Waals surface area contributed by atoms with Crippen LogP contribution in [0.2, 0.25) is 5.02 Å². The minimum atomic E-state index is -0.373. The zero-order valence-electron chi connectivity index (χ0n) is 13.6. The highest BCUT2D eigenvalue weighted by Gasteiger charge is 2.16. The molecule has 0 fully saturated rings. The highest BCUT2D eigenvalue weighted by Crippen LogP contribution is 2.35. The van der Waals surface area contributed by atoms with Crippen LogP contribution in [0.4, 0.5) is 0 Å². The maximum Gasteiger partial charge on any atom is 0.279 e. The van der Waals surface area contributed by atoms with Crippen LogP contribution in [0, 0.1) is 12.3 Å². The first kappa shape index (κ1) is 16.7. The van der Waals surface area contributed by atoms with Crippen molar-refractivity contribution in [2.24, 2.45) is 4.99 Å². The van der Waals surface area contributed by atoms with Gasteiger partial charge in [0.1, 0.15) is 13.2 Å². The third kappa shape index (κ3) is 3.07. The molecule has 1 aliphatic rings. The Kier molecular flexibility index (Phi) is 4.41. The number of thiazole rings is 1. The molecule has 7 heteroatoms. The van der Waals surface area contributed by atoms with Gasteiger partial charge in [0.05, 0.1) is 16.8 Å². The van der Waals surface area contributed by atoms with Gasteiger partial charge in [-0.3, -0.25) is 4.79 Å². The van der Waals surface area contributed by atoms with Gasteiger partial charge in [0.25, 0.3) is 5.91 Å². The molecule has 0 unspecified atom stereocenters. The van der Waals surface area contributed by atoms with Crippen LogP contribution in [-0.2, 0) is 6.54 Å². The van der Waals surface area contributed by atoms with Crippen molar-refractivity contribution in [3.8, 4) is 23.8 Å². The van der Waals surface area contributed by atoms with Gasteiger partial charge >= 0.3 is 0 Å². The molecule has 2 heterocycles. The monoisotopic (exact) mass is 384 g/mol. The minimum absolute atomic E-state index is 0.293. The molecule has 0 spiro atoms. The number of hydrogen-bond donors (Lipinski definition) is 0. The molecule has 0 bridgehead atoms. The summed E-state index contributed by atoms with van der Waals surface area (Å²) in [5.41, 5.74) is 1.28. The van der Waals surface area contributed by atoms with E-state index in [-0.39, 0.29) is 5.91 Å². The van der Waals surface area contributed by atoms with Crippen LogP contribution in [0.25, 0.3) is 10.2 Å². The number of aromatic nitrogens is 1. The number of halogens is 1. The van der Waals surface area contributed by atoms with E-state index >= 15 is 0 Å². The van der Waals surface area contributed by atoms with E-state index in [9.17, 15) is 4.79 Å². The van der Waals surface area contributed by atoms with Crippen molar-refractivity contribution >= 4 is 39.1 Å². The molecule has 0 atom stereocenters. The van der Waals surface area contributed by atoms with Crippen molar-refractivity contribution in [3.63, 3.8) is 0 Å². The Labute approximate surface area is 158 Å². The van der Waals surface area contributed by atoms with Crippen LogP contribution in [0.1, 0.15) is 10.4 Å². The largest absolute Gasteiger partial charge is 0.486 e. The van der Waals surface area contributed by atoms with Crippen LogP contribution in [-0.4, -0.2) is 23.7 Å². The number of carbonyl (C=O) groups excluding carboxylic acids is 1. The van der Waals surface area contributed by atoms with Crippen LogP contribution in [0.15, 0.2) is 41.4 Å². The van der Waals surface area contributed by atoms with Gasteiger partial charge in [-0.25, -0.2) is 0 Å². The number of carbonyl (C=O) groups is 1. The summed E-state index contributed by atoms with van der Waals surface area (Å²) in [4.78, 5) is 17.3. The fraction of sp³-hybridized carbons (Fsp3) is 0.158. The van der Waals surface area contributed by atoms with Crippen molar-refractivity contribution < 1.29 is 14.3 Å². The fourth-order valence-corrected chi connectivity index (χ4v) is 3.94. The van der Waals surface area contributed by atoms with Crippen molar-refractivity contribution in [2.45, 2.75) is 6.54 Å². The second kappa shape index (κ2) is 6.87. The Hall–Kier alpha value is -2.75. The van der Waals surface area contributed by atoms with Gasteiger partial charge in [0.2, 0.25) is 0 Å². The summed E-state index contributed by atoms with van der Waals surface area (Å²) >= 11 is 7.33. The van der Waals surface area contributed by atoms with Gasteiger partial charge in [0, 0.05) is 22.7 Å². The average molecular weight is 385 g/mol. The van der Waals surface area contributed by atoms with Gasteiger partial charge in [-0.05, 0) is 18.2 Å². The Morgan fingerprint density at radius 1 is 1.27 bits per heavy atom. The van der Waals surface area contributed by atoms with Gasteiger partial charge < -0.3 is 14.0 Å². The van der Waals surface area contributed by atoms with Crippen molar-refractivity contribution in [2.75, 3.05) is 13.2 Å². The number of amides is 1. The maximum absolute atomic E-state index is 12.5. The lowest BCUT2D eigenvalue weighted by Gasteiger charge is -2.18. The minimum Gasteiger partial charge on any atom is -0.486 e. The number of terminal acetylenes is 1. The molecule has 0 radical (unpaired) electrons. The normalized spacial score (nSPS) is 13.6. The van der Waals surface area contributed by atoms with Crippen LogP contribution in [0.3, 0.4) is 0 Å². The summed E-state index contributed by atoms with van der Waals surface area (Å²) in [7, 11) is 0. The molecule has 26 heavy (non-hydrogen) atoms. The summed E-state index contributed by atoms with van der Waals surface area (Å²) in [6, 6.07) is 10.5. The van der Waals surface area contributed by atoms with E-state index in [0.29, 0.717) is 46.6 Å². The zero-order chi connectivity index (χ0) is 18.1. The molecule has 1 amide bonds. The maximum atomic E-state index is 12.5. The van der Waals surface area contributed by atoms with Crippen LogP contribution < -0.4 is 14.3 Å². The number of hydrogen-bond acceptors (Lipinski definition) is 4. The smallest absolute Gasteiger partial charge is 0.279 e. The predicted octanol–water partition coefficient (Wildman–Crippen LogP) is 3.50. The van der Waals surface area contributed by atoms with E-state index < -0.39 is 0 Å². The first-order valence-corrected chi connectivity index (χ1v) is 9.06. The predicted molar refractivity (Wildman–Crippen MR) is 101 cm³/mol. The summed E-state index contributed by atoms with van der Waals surface area (Å²) < 4.78 is 14.0. The molecule has 2 aromatic carbocycles. The summed E-state index contributed by atoms with van der Waals surface area (Å²) in [6.07, 6.45) is 5.51. The molecule has 1 aromatic heterocycles. The molecular formula is C19H13ClN2O3S. The highest BCUT2D eigenvalue weighted by atomic mass is 35.5. The SMILES string of the molecule is C#CCn1c(=NC(=O)c2cccc(Cl)c2)sc2cc3c(cc21)OCCO3.